The molecule has 0 spiro atoms. The van der Waals surface area contributed by atoms with Gasteiger partial charge in [-0.1, -0.05) is 29.6 Å². The summed E-state index contributed by atoms with van der Waals surface area (Å²) in [6.45, 7) is 2.97. The van der Waals surface area contributed by atoms with Gasteiger partial charge in [0.1, 0.15) is 0 Å². The summed E-state index contributed by atoms with van der Waals surface area (Å²) in [6, 6.07) is 2.41. The van der Waals surface area contributed by atoms with Crippen molar-refractivity contribution >= 4 is 40.9 Å². The molecule has 1 amide bonds. The van der Waals surface area contributed by atoms with E-state index in [9.17, 15) is 32.7 Å². The smallest absolute Gasteiger partial charge is 0.433 e. The lowest BCUT2D eigenvalue weighted by Crippen LogP contribution is -2.41. The maximum absolute atomic E-state index is 14.4. The van der Waals surface area contributed by atoms with E-state index in [4.69, 9.17) is 23.2 Å². The van der Waals surface area contributed by atoms with Crippen LogP contribution in [0.4, 0.5) is 13.2 Å². The van der Waals surface area contributed by atoms with Gasteiger partial charge in [-0.2, -0.15) is 18.3 Å². The lowest BCUT2D eigenvalue weighted by molar-refractivity contribution is -0.152. The minimum absolute atomic E-state index is 0.0192. The normalized spacial score (nSPS) is 21.9. The molecule has 0 bridgehead atoms. The maximum Gasteiger partial charge on any atom is 0.433 e. The van der Waals surface area contributed by atoms with E-state index < -0.39 is 53.1 Å². The zero-order valence-electron chi connectivity index (χ0n) is 21.7. The van der Waals surface area contributed by atoms with E-state index in [2.05, 4.69) is 5.10 Å². The van der Waals surface area contributed by atoms with Crippen LogP contribution in [0.25, 0.3) is 0 Å². The van der Waals surface area contributed by atoms with Crippen molar-refractivity contribution in [3.8, 4) is 0 Å². The number of aliphatic carboxylic acids is 1. The number of carboxylic acid groups (broad SMARTS) is 1. The van der Waals surface area contributed by atoms with Gasteiger partial charge in [0.2, 0.25) is 0 Å². The van der Waals surface area contributed by atoms with E-state index in [0.29, 0.717) is 0 Å². The topological polar surface area (TPSA) is 92.5 Å². The average molecular weight is 588 g/mol. The van der Waals surface area contributed by atoms with E-state index >= 15 is 0 Å². The molecule has 12 heteroatoms. The summed E-state index contributed by atoms with van der Waals surface area (Å²) in [4.78, 5) is 39.6. The molecular formula is C27H30Cl2F3N3O4. The number of Topliss-reactive ketones (excluding diaryl/α,β-unsaturated/α-hetero) is 1. The highest BCUT2D eigenvalue weighted by molar-refractivity contribution is 6.40. The maximum atomic E-state index is 14.4. The van der Waals surface area contributed by atoms with E-state index in [1.54, 1.807) is 26.0 Å². The van der Waals surface area contributed by atoms with Crippen molar-refractivity contribution in [1.29, 1.82) is 0 Å². The first-order chi connectivity index (χ1) is 18.2. The van der Waals surface area contributed by atoms with Crippen LogP contribution in [0.15, 0.2) is 18.3 Å². The fraction of sp³-hybridized carbons (Fsp3) is 0.556. The van der Waals surface area contributed by atoms with Crippen LogP contribution in [0.3, 0.4) is 0 Å². The first-order valence-corrected chi connectivity index (χ1v) is 13.6. The van der Waals surface area contributed by atoms with Crippen LogP contribution in [-0.4, -0.2) is 50.5 Å². The first kappa shape index (κ1) is 29.4. The van der Waals surface area contributed by atoms with Gasteiger partial charge in [0, 0.05) is 6.54 Å². The summed E-state index contributed by atoms with van der Waals surface area (Å²) in [5.41, 5.74) is -2.08. The van der Waals surface area contributed by atoms with Crippen LogP contribution in [0, 0.1) is 18.3 Å². The molecule has 1 N–H and O–H groups in total. The number of hydrogen-bond acceptors (Lipinski definition) is 4. The van der Waals surface area contributed by atoms with E-state index in [1.165, 1.54) is 0 Å². The number of carbonyl (C=O) groups is 3. The van der Waals surface area contributed by atoms with Gasteiger partial charge in [0.15, 0.2) is 11.5 Å². The zero-order valence-corrected chi connectivity index (χ0v) is 23.2. The van der Waals surface area contributed by atoms with E-state index in [-0.39, 0.29) is 53.8 Å². The molecule has 0 atom stereocenters. The van der Waals surface area contributed by atoms with Gasteiger partial charge in [-0.05, 0) is 76.0 Å². The summed E-state index contributed by atoms with van der Waals surface area (Å²) in [5, 5.41) is 13.7. The first-order valence-electron chi connectivity index (χ1n) is 12.9. The highest BCUT2D eigenvalue weighted by Gasteiger charge is 2.45. The van der Waals surface area contributed by atoms with Gasteiger partial charge in [0.05, 0.1) is 45.4 Å². The molecule has 0 aliphatic heterocycles. The van der Waals surface area contributed by atoms with Gasteiger partial charge in [-0.3, -0.25) is 19.1 Å². The number of hydrogen-bond donors (Lipinski definition) is 1. The third-order valence-corrected chi connectivity index (χ3v) is 8.60. The van der Waals surface area contributed by atoms with Crippen molar-refractivity contribution in [3.63, 3.8) is 0 Å². The number of carbonyl (C=O) groups excluding carboxylic acids is 2. The van der Waals surface area contributed by atoms with Crippen LogP contribution in [0.5, 0.6) is 0 Å². The summed E-state index contributed by atoms with van der Waals surface area (Å²) >= 11 is 12.5. The number of rotatable bonds is 8. The molecule has 39 heavy (non-hydrogen) atoms. The number of aryl methyl sites for hydroxylation is 1. The average Bonchev–Trinajstić information content (AvgIpc) is 3.25. The molecule has 2 saturated carbocycles. The molecule has 1 aromatic heterocycles. The molecule has 0 saturated heterocycles. The lowest BCUT2D eigenvalue weighted by atomic mass is 9.74. The van der Waals surface area contributed by atoms with Gasteiger partial charge in [-0.25, -0.2) is 0 Å². The SMILES string of the molecule is Cc1cc(Cl)c(C(=O)CN(CC2CCC2)C(=O)c2cnn(C3CCC(C)(C(=O)O)CC3)c2C(F)(F)F)c(Cl)c1. The molecule has 2 aliphatic carbocycles. The molecule has 1 aromatic carbocycles. The van der Waals surface area contributed by atoms with Gasteiger partial charge >= 0.3 is 12.1 Å². The van der Waals surface area contributed by atoms with Crippen molar-refractivity contribution < 1.29 is 32.7 Å². The molecule has 212 valence electrons. The van der Waals surface area contributed by atoms with Crippen LogP contribution in [0.1, 0.15) is 89.9 Å². The van der Waals surface area contributed by atoms with E-state index in [1.807, 2.05) is 0 Å². The molecular weight excluding hydrogens is 558 g/mol. The summed E-state index contributed by atoms with van der Waals surface area (Å²) in [6.07, 6.45) is -0.711. The summed E-state index contributed by atoms with van der Waals surface area (Å²) < 4.78 is 44.0. The molecule has 4 rings (SSSR count). The fourth-order valence-corrected chi connectivity index (χ4v) is 6.18. The van der Waals surface area contributed by atoms with Gasteiger partial charge in [-0.15, -0.1) is 0 Å². The highest BCUT2D eigenvalue weighted by atomic mass is 35.5. The fourth-order valence-electron chi connectivity index (χ4n) is 5.37. The molecule has 1 heterocycles. The predicted molar refractivity (Wildman–Crippen MR) is 139 cm³/mol. The Balaban J connectivity index is 1.65. The second-order valence-electron chi connectivity index (χ2n) is 11.0. The Kier molecular flexibility index (Phi) is 8.38. The Morgan fingerprint density at radius 3 is 2.21 bits per heavy atom. The zero-order chi connectivity index (χ0) is 28.7. The van der Waals surface area contributed by atoms with Crippen LogP contribution >= 0.6 is 23.2 Å². The Bertz CT molecular complexity index is 1260. The lowest BCUT2D eigenvalue weighted by Gasteiger charge is -2.35. The predicted octanol–water partition coefficient (Wildman–Crippen LogP) is 6.85. The Labute approximate surface area is 234 Å². The molecule has 2 fully saturated rings. The van der Waals surface area contributed by atoms with Crippen molar-refractivity contribution in [2.24, 2.45) is 11.3 Å². The Morgan fingerprint density at radius 2 is 1.72 bits per heavy atom. The molecule has 0 radical (unpaired) electrons. The summed E-state index contributed by atoms with van der Waals surface area (Å²) in [5.74, 6) is -2.43. The standard InChI is InChI=1S/C27H30Cl2F3N3O4/c1-15-10-19(28)22(20(29)11-15)21(36)14-34(13-16-4-3-5-16)24(37)18-12-33-35(23(18)27(30,31)32)17-6-8-26(2,9-7-17)25(38)39/h10-12,16-17H,3-9,13-14H2,1-2H3,(H,38,39). The minimum Gasteiger partial charge on any atom is -0.481 e. The number of aromatic nitrogens is 2. The molecule has 7 nitrogen and oxygen atoms in total. The second kappa shape index (κ2) is 11.1. The highest BCUT2D eigenvalue weighted by Crippen LogP contribution is 2.43. The number of alkyl halides is 3. The number of nitrogens with zero attached hydrogens (tertiary/aromatic N) is 3. The minimum atomic E-state index is -4.90. The van der Waals surface area contributed by atoms with Crippen LogP contribution in [0.2, 0.25) is 10.0 Å². The number of benzene rings is 1. The molecule has 2 aliphatic rings. The number of amides is 1. The quantitative estimate of drug-likeness (QED) is 0.341. The second-order valence-corrected chi connectivity index (χ2v) is 11.8. The Hall–Kier alpha value is -2.59. The van der Waals surface area contributed by atoms with Gasteiger partial charge in [0.25, 0.3) is 5.91 Å². The molecule has 0 unspecified atom stereocenters. The third kappa shape index (κ3) is 6.11. The third-order valence-electron chi connectivity index (χ3n) is 8.01. The van der Waals surface area contributed by atoms with E-state index in [0.717, 1.165) is 40.6 Å². The number of ketones is 1. The monoisotopic (exact) mass is 587 g/mol. The van der Waals surface area contributed by atoms with Crippen molar-refractivity contribution in [2.75, 3.05) is 13.1 Å². The Morgan fingerprint density at radius 1 is 1.13 bits per heavy atom. The van der Waals surface area contributed by atoms with Crippen LogP contribution in [-0.2, 0) is 11.0 Å². The molecule has 2 aromatic rings. The van der Waals surface area contributed by atoms with Crippen molar-refractivity contribution in [1.82, 2.24) is 14.7 Å². The number of carboxylic acids is 1. The van der Waals surface area contributed by atoms with Crippen LogP contribution < -0.4 is 0 Å². The number of halogens is 5. The largest absolute Gasteiger partial charge is 0.481 e. The van der Waals surface area contributed by atoms with Crippen molar-refractivity contribution in [2.45, 2.75) is 71.0 Å². The van der Waals surface area contributed by atoms with Crippen molar-refractivity contribution in [3.05, 3.63) is 50.8 Å². The summed E-state index contributed by atoms with van der Waals surface area (Å²) in [7, 11) is 0. The van der Waals surface area contributed by atoms with Gasteiger partial charge < -0.3 is 10.0 Å².